The molecule has 84 valence electrons. The van der Waals surface area contributed by atoms with Gasteiger partial charge in [0.15, 0.2) is 0 Å². The average Bonchev–Trinajstić information content (AvgIpc) is 2.06. The molecule has 0 bridgehead atoms. The van der Waals surface area contributed by atoms with Gasteiger partial charge in [-0.15, -0.1) is 0 Å². The second kappa shape index (κ2) is 4.16. The molecule has 0 saturated carbocycles. The van der Waals surface area contributed by atoms with Gasteiger partial charge in [0, 0.05) is 12.6 Å². The zero-order chi connectivity index (χ0) is 11.6. The highest BCUT2D eigenvalue weighted by Crippen LogP contribution is 2.30. The van der Waals surface area contributed by atoms with Crippen molar-refractivity contribution >= 4 is 0 Å². The van der Waals surface area contributed by atoms with Gasteiger partial charge in [-0.25, -0.2) is 4.39 Å². The number of alkyl halides is 3. The van der Waals surface area contributed by atoms with Crippen LogP contribution in [-0.4, -0.2) is 17.3 Å². The Labute approximate surface area is 83.7 Å². The lowest BCUT2D eigenvalue weighted by atomic mass is 10.1. The predicted octanol–water partition coefficient (Wildman–Crippen LogP) is 2.67. The molecular weight excluding hydrogens is 214 g/mol. The molecule has 1 rings (SSSR count). The van der Waals surface area contributed by atoms with E-state index < -0.39 is 17.6 Å². The van der Waals surface area contributed by atoms with Gasteiger partial charge in [0.2, 0.25) is 0 Å². The van der Waals surface area contributed by atoms with E-state index in [4.69, 9.17) is 5.21 Å². The normalized spacial score (nSPS) is 12.2. The minimum Gasteiger partial charge on any atom is -0.314 e. The molecule has 0 saturated heterocycles. The van der Waals surface area contributed by atoms with E-state index in [0.717, 1.165) is 6.07 Å². The maximum Gasteiger partial charge on any atom is 0.416 e. The molecule has 0 heterocycles. The third-order valence-electron chi connectivity index (χ3n) is 1.77. The van der Waals surface area contributed by atoms with Gasteiger partial charge in [-0.05, 0) is 18.2 Å². The highest BCUT2D eigenvalue weighted by atomic mass is 19.4. The SMILES string of the molecule is CN(O)Cc1cc(C(F)(F)F)ccc1F. The van der Waals surface area contributed by atoms with Crippen molar-refractivity contribution in [3.05, 3.63) is 35.1 Å². The van der Waals surface area contributed by atoms with Gasteiger partial charge in [0.25, 0.3) is 0 Å². The molecule has 15 heavy (non-hydrogen) atoms. The summed E-state index contributed by atoms with van der Waals surface area (Å²) in [6, 6.07) is 2.08. The fourth-order valence-electron chi connectivity index (χ4n) is 1.12. The number of hydrogen-bond donors (Lipinski definition) is 1. The third kappa shape index (κ3) is 3.17. The zero-order valence-electron chi connectivity index (χ0n) is 7.85. The first kappa shape index (κ1) is 11.9. The standard InChI is InChI=1S/C9H9F4NO/c1-14(15)5-6-4-7(9(11,12)13)2-3-8(6)10/h2-4,15H,5H2,1H3. The maximum atomic E-state index is 13.0. The van der Waals surface area contributed by atoms with Crippen molar-refractivity contribution in [3.8, 4) is 0 Å². The van der Waals surface area contributed by atoms with Gasteiger partial charge in [-0.3, -0.25) is 0 Å². The number of halogens is 4. The summed E-state index contributed by atoms with van der Waals surface area (Å²) in [4.78, 5) is 0. The first-order valence-electron chi connectivity index (χ1n) is 4.06. The van der Waals surface area contributed by atoms with E-state index in [1.165, 1.54) is 7.05 Å². The van der Waals surface area contributed by atoms with Crippen LogP contribution in [0.15, 0.2) is 18.2 Å². The van der Waals surface area contributed by atoms with Crippen molar-refractivity contribution in [2.75, 3.05) is 7.05 Å². The van der Waals surface area contributed by atoms with E-state index in [2.05, 4.69) is 0 Å². The van der Waals surface area contributed by atoms with Crippen LogP contribution in [0.4, 0.5) is 17.6 Å². The van der Waals surface area contributed by atoms with Crippen LogP contribution < -0.4 is 0 Å². The molecule has 2 nitrogen and oxygen atoms in total. The third-order valence-corrected chi connectivity index (χ3v) is 1.77. The van der Waals surface area contributed by atoms with Gasteiger partial charge in [0.05, 0.1) is 12.1 Å². The van der Waals surface area contributed by atoms with Crippen LogP contribution in [0.25, 0.3) is 0 Å². The van der Waals surface area contributed by atoms with E-state index in [9.17, 15) is 17.6 Å². The largest absolute Gasteiger partial charge is 0.416 e. The number of hydroxylamine groups is 2. The van der Waals surface area contributed by atoms with Gasteiger partial charge in [-0.1, -0.05) is 0 Å². The summed E-state index contributed by atoms with van der Waals surface area (Å²) in [5, 5.41) is 9.42. The summed E-state index contributed by atoms with van der Waals surface area (Å²) in [5.74, 6) is -0.774. The summed E-state index contributed by atoms with van der Waals surface area (Å²) in [6.45, 7) is -0.296. The lowest BCUT2D eigenvalue weighted by molar-refractivity contribution is -0.137. The van der Waals surface area contributed by atoms with Crippen LogP contribution in [0.3, 0.4) is 0 Å². The van der Waals surface area contributed by atoms with Crippen molar-refractivity contribution in [3.63, 3.8) is 0 Å². The summed E-state index contributed by atoms with van der Waals surface area (Å²) in [6.07, 6.45) is -4.50. The number of nitrogens with zero attached hydrogens (tertiary/aromatic N) is 1. The Balaban J connectivity index is 3.06. The summed E-state index contributed by atoms with van der Waals surface area (Å²) < 4.78 is 49.7. The lowest BCUT2D eigenvalue weighted by Crippen LogP contribution is -2.14. The molecule has 0 aliphatic heterocycles. The van der Waals surface area contributed by atoms with Gasteiger partial charge < -0.3 is 5.21 Å². The van der Waals surface area contributed by atoms with Crippen molar-refractivity contribution in [2.24, 2.45) is 0 Å². The number of hydrogen-bond acceptors (Lipinski definition) is 2. The Morgan fingerprint density at radius 2 is 1.93 bits per heavy atom. The predicted molar refractivity (Wildman–Crippen MR) is 44.7 cm³/mol. The van der Waals surface area contributed by atoms with E-state index in [1.807, 2.05) is 0 Å². The molecule has 0 aromatic heterocycles. The van der Waals surface area contributed by atoms with E-state index in [-0.39, 0.29) is 12.1 Å². The minimum atomic E-state index is -4.50. The van der Waals surface area contributed by atoms with Crippen molar-refractivity contribution in [1.82, 2.24) is 5.06 Å². The van der Waals surface area contributed by atoms with Crippen LogP contribution in [0.1, 0.15) is 11.1 Å². The van der Waals surface area contributed by atoms with E-state index in [1.54, 1.807) is 0 Å². The Kier molecular flexibility index (Phi) is 3.31. The van der Waals surface area contributed by atoms with E-state index in [0.29, 0.717) is 17.2 Å². The molecule has 0 radical (unpaired) electrons. The first-order chi connectivity index (χ1) is 6.80. The highest BCUT2D eigenvalue weighted by Gasteiger charge is 2.31. The molecule has 1 aromatic rings. The van der Waals surface area contributed by atoms with Crippen molar-refractivity contribution in [1.29, 1.82) is 0 Å². The second-order valence-corrected chi connectivity index (χ2v) is 3.12. The molecule has 0 aliphatic rings. The Morgan fingerprint density at radius 1 is 1.33 bits per heavy atom. The number of benzene rings is 1. The Bertz CT molecular complexity index is 348. The Morgan fingerprint density at radius 3 is 2.40 bits per heavy atom. The average molecular weight is 223 g/mol. The lowest BCUT2D eigenvalue weighted by Gasteiger charge is -2.12. The molecule has 0 fully saturated rings. The Hall–Kier alpha value is -1.14. The summed E-state index contributed by atoms with van der Waals surface area (Å²) in [7, 11) is 1.22. The van der Waals surface area contributed by atoms with Gasteiger partial charge in [-0.2, -0.15) is 18.2 Å². The van der Waals surface area contributed by atoms with Crippen LogP contribution in [-0.2, 0) is 12.7 Å². The maximum absolute atomic E-state index is 13.0. The van der Waals surface area contributed by atoms with Crippen LogP contribution >= 0.6 is 0 Å². The summed E-state index contributed by atoms with van der Waals surface area (Å²) >= 11 is 0. The monoisotopic (exact) mass is 223 g/mol. The topological polar surface area (TPSA) is 23.5 Å². The van der Waals surface area contributed by atoms with Crippen molar-refractivity contribution in [2.45, 2.75) is 12.7 Å². The first-order valence-corrected chi connectivity index (χ1v) is 4.06. The molecule has 0 atom stereocenters. The molecule has 0 spiro atoms. The zero-order valence-corrected chi connectivity index (χ0v) is 7.85. The fraction of sp³-hybridized carbons (Fsp3) is 0.333. The summed E-state index contributed by atoms with van der Waals surface area (Å²) in [5.41, 5.74) is -1.13. The molecule has 1 aromatic carbocycles. The molecule has 0 amide bonds. The smallest absolute Gasteiger partial charge is 0.314 e. The van der Waals surface area contributed by atoms with Crippen LogP contribution in [0, 0.1) is 5.82 Å². The van der Waals surface area contributed by atoms with Crippen LogP contribution in [0.5, 0.6) is 0 Å². The second-order valence-electron chi connectivity index (χ2n) is 3.12. The fourth-order valence-corrected chi connectivity index (χ4v) is 1.12. The minimum absolute atomic E-state index is 0.199. The molecule has 0 unspecified atom stereocenters. The highest BCUT2D eigenvalue weighted by molar-refractivity contribution is 5.26. The molecule has 6 heteroatoms. The quantitative estimate of drug-likeness (QED) is 0.615. The van der Waals surface area contributed by atoms with Crippen molar-refractivity contribution < 1.29 is 22.8 Å². The van der Waals surface area contributed by atoms with Gasteiger partial charge >= 0.3 is 6.18 Å². The van der Waals surface area contributed by atoms with Crippen LogP contribution in [0.2, 0.25) is 0 Å². The molecular formula is C9H9F4NO. The van der Waals surface area contributed by atoms with E-state index >= 15 is 0 Å². The van der Waals surface area contributed by atoms with Gasteiger partial charge in [0.1, 0.15) is 5.82 Å². The number of rotatable bonds is 2. The molecule has 1 N–H and O–H groups in total. The molecule has 0 aliphatic carbocycles.